The van der Waals surface area contributed by atoms with Gasteiger partial charge in [-0.15, -0.1) is 0 Å². The molecular formula is C11H12IN7. The first-order valence-electron chi connectivity index (χ1n) is 5.95. The van der Waals surface area contributed by atoms with Gasteiger partial charge in [-0.2, -0.15) is 10.4 Å². The third kappa shape index (κ3) is 2.12. The van der Waals surface area contributed by atoms with Gasteiger partial charge in [0, 0.05) is 12.6 Å². The van der Waals surface area contributed by atoms with Gasteiger partial charge in [-0.1, -0.05) is 0 Å². The zero-order chi connectivity index (χ0) is 13.4. The second-order valence-corrected chi connectivity index (χ2v) is 5.57. The molecular weight excluding hydrogens is 357 g/mol. The maximum Gasteiger partial charge on any atom is 0.164 e. The van der Waals surface area contributed by atoms with Gasteiger partial charge in [0.25, 0.3) is 0 Å². The summed E-state index contributed by atoms with van der Waals surface area (Å²) in [7, 11) is 0. The largest absolute Gasteiger partial charge is 0.383 e. The van der Waals surface area contributed by atoms with E-state index < -0.39 is 0 Å². The first-order valence-corrected chi connectivity index (χ1v) is 7.03. The normalized spacial score (nSPS) is 22.7. The van der Waals surface area contributed by atoms with E-state index in [1.807, 2.05) is 4.68 Å². The van der Waals surface area contributed by atoms with Crippen molar-refractivity contribution in [2.24, 2.45) is 0 Å². The summed E-state index contributed by atoms with van der Waals surface area (Å²) in [5.41, 5.74) is 6.64. The van der Waals surface area contributed by atoms with Crippen LogP contribution in [0.25, 0.3) is 11.0 Å². The summed E-state index contributed by atoms with van der Waals surface area (Å²) in [5.74, 6) is 0.459. The Labute approximate surface area is 123 Å². The molecule has 8 heteroatoms. The molecule has 2 atom stereocenters. The van der Waals surface area contributed by atoms with Crippen LogP contribution in [0.3, 0.4) is 0 Å². The topological polar surface area (TPSA) is 105 Å². The molecule has 0 radical (unpaired) electrons. The van der Waals surface area contributed by atoms with Crippen molar-refractivity contribution in [2.45, 2.75) is 24.9 Å². The average Bonchev–Trinajstić information content (AvgIpc) is 2.96. The lowest BCUT2D eigenvalue weighted by Gasteiger charge is -2.10. The van der Waals surface area contributed by atoms with Crippen LogP contribution >= 0.6 is 22.6 Å². The Morgan fingerprint density at radius 2 is 2.42 bits per heavy atom. The number of aromatic nitrogens is 4. The molecule has 0 unspecified atom stereocenters. The van der Waals surface area contributed by atoms with Crippen LogP contribution in [0.1, 0.15) is 18.9 Å². The number of nitrogens with two attached hydrogens (primary N) is 1. The molecule has 0 bridgehead atoms. The Hall–Kier alpha value is -1.47. The average molecular weight is 369 g/mol. The minimum Gasteiger partial charge on any atom is -0.383 e. The van der Waals surface area contributed by atoms with Crippen molar-refractivity contribution in [3.63, 3.8) is 0 Å². The minimum absolute atomic E-state index is 0.207. The molecule has 0 amide bonds. The highest BCUT2D eigenvalue weighted by molar-refractivity contribution is 14.1. The number of nitrogens with zero attached hydrogens (tertiary/aromatic N) is 5. The van der Waals surface area contributed by atoms with Crippen molar-refractivity contribution in [1.82, 2.24) is 25.1 Å². The molecule has 0 aromatic carbocycles. The second kappa shape index (κ2) is 4.90. The predicted octanol–water partition coefficient (Wildman–Crippen LogP) is 0.830. The molecule has 2 aromatic rings. The standard InChI is InChI=1S/C11H12IN7/c12-9-8-10(14)16-5-17-11(8)19(18-9)7-3-6(1-2-13)15-4-7/h5-7,15H,1,3-4H2,(H2,14,16,17)/t6-,7-/m0/s1. The molecule has 0 saturated carbocycles. The molecule has 1 aliphatic heterocycles. The fourth-order valence-electron chi connectivity index (χ4n) is 2.46. The van der Waals surface area contributed by atoms with Gasteiger partial charge in [0.15, 0.2) is 5.65 Å². The van der Waals surface area contributed by atoms with Crippen LogP contribution in [-0.4, -0.2) is 32.3 Å². The molecule has 19 heavy (non-hydrogen) atoms. The van der Waals surface area contributed by atoms with Gasteiger partial charge in [0.1, 0.15) is 15.8 Å². The number of halogens is 1. The van der Waals surface area contributed by atoms with Crippen LogP contribution < -0.4 is 11.1 Å². The lowest BCUT2D eigenvalue weighted by molar-refractivity contribution is 0.488. The van der Waals surface area contributed by atoms with E-state index in [0.717, 1.165) is 27.7 Å². The van der Waals surface area contributed by atoms with Crippen LogP contribution in [-0.2, 0) is 0 Å². The van der Waals surface area contributed by atoms with Crippen molar-refractivity contribution in [2.75, 3.05) is 12.3 Å². The quantitative estimate of drug-likeness (QED) is 0.760. The summed E-state index contributed by atoms with van der Waals surface area (Å²) >= 11 is 2.15. The first-order chi connectivity index (χ1) is 9.20. The van der Waals surface area contributed by atoms with E-state index in [1.54, 1.807) is 0 Å². The molecule has 98 valence electrons. The Morgan fingerprint density at radius 1 is 1.58 bits per heavy atom. The molecule has 0 spiro atoms. The summed E-state index contributed by atoms with van der Waals surface area (Å²) in [6.45, 7) is 0.795. The van der Waals surface area contributed by atoms with Crippen LogP contribution in [0.2, 0.25) is 0 Å². The maximum atomic E-state index is 8.75. The predicted molar refractivity (Wildman–Crippen MR) is 78.1 cm³/mol. The molecule has 2 aromatic heterocycles. The fourth-order valence-corrected chi connectivity index (χ4v) is 3.21. The zero-order valence-corrected chi connectivity index (χ0v) is 12.2. The van der Waals surface area contributed by atoms with E-state index in [9.17, 15) is 0 Å². The van der Waals surface area contributed by atoms with Crippen LogP contribution in [0, 0.1) is 15.0 Å². The van der Waals surface area contributed by atoms with E-state index in [0.29, 0.717) is 12.2 Å². The number of rotatable bonds is 2. The number of hydrogen-bond acceptors (Lipinski definition) is 6. The molecule has 1 saturated heterocycles. The van der Waals surface area contributed by atoms with Crippen molar-refractivity contribution in [3.8, 4) is 6.07 Å². The highest BCUT2D eigenvalue weighted by atomic mass is 127. The number of anilines is 1. The van der Waals surface area contributed by atoms with E-state index in [2.05, 4.69) is 49.0 Å². The van der Waals surface area contributed by atoms with Crippen molar-refractivity contribution < 1.29 is 0 Å². The smallest absolute Gasteiger partial charge is 0.164 e. The van der Waals surface area contributed by atoms with Gasteiger partial charge < -0.3 is 11.1 Å². The van der Waals surface area contributed by atoms with E-state index >= 15 is 0 Å². The maximum absolute atomic E-state index is 8.75. The monoisotopic (exact) mass is 369 g/mol. The molecule has 3 rings (SSSR count). The lowest BCUT2D eigenvalue weighted by atomic mass is 10.1. The molecule has 1 aliphatic rings. The molecule has 0 aliphatic carbocycles. The summed E-state index contributed by atoms with van der Waals surface area (Å²) < 4.78 is 2.72. The Kier molecular flexibility index (Phi) is 3.24. The highest BCUT2D eigenvalue weighted by Gasteiger charge is 2.28. The minimum atomic E-state index is 0.207. The number of hydrogen-bond donors (Lipinski definition) is 2. The Balaban J connectivity index is 1.99. The molecule has 1 fully saturated rings. The summed E-state index contributed by atoms with van der Waals surface area (Å²) in [4.78, 5) is 8.29. The van der Waals surface area contributed by atoms with Crippen molar-refractivity contribution in [3.05, 3.63) is 10.0 Å². The Bertz CT molecular complexity index is 659. The van der Waals surface area contributed by atoms with Gasteiger partial charge >= 0.3 is 0 Å². The van der Waals surface area contributed by atoms with Crippen LogP contribution in [0.15, 0.2) is 6.33 Å². The van der Waals surface area contributed by atoms with Crippen LogP contribution in [0.4, 0.5) is 5.82 Å². The van der Waals surface area contributed by atoms with E-state index in [1.165, 1.54) is 6.33 Å². The summed E-state index contributed by atoms with van der Waals surface area (Å²) in [5, 5.41) is 17.4. The van der Waals surface area contributed by atoms with Gasteiger partial charge in [-0.05, 0) is 29.0 Å². The summed E-state index contributed by atoms with van der Waals surface area (Å²) in [6, 6.07) is 2.63. The van der Waals surface area contributed by atoms with E-state index in [4.69, 9.17) is 11.0 Å². The van der Waals surface area contributed by atoms with Gasteiger partial charge in [0.2, 0.25) is 0 Å². The number of nitrogens with one attached hydrogen (secondary N) is 1. The summed E-state index contributed by atoms with van der Waals surface area (Å²) in [6.07, 6.45) is 2.86. The lowest BCUT2D eigenvalue weighted by Crippen LogP contribution is -2.20. The highest BCUT2D eigenvalue weighted by Crippen LogP contribution is 2.28. The molecule has 3 heterocycles. The third-order valence-electron chi connectivity index (χ3n) is 3.36. The Morgan fingerprint density at radius 3 is 3.21 bits per heavy atom. The first kappa shape index (κ1) is 12.6. The number of nitriles is 1. The number of nitrogen functional groups attached to an aromatic ring is 1. The van der Waals surface area contributed by atoms with E-state index in [-0.39, 0.29) is 12.1 Å². The van der Waals surface area contributed by atoms with Crippen molar-refractivity contribution in [1.29, 1.82) is 5.26 Å². The molecule has 7 nitrogen and oxygen atoms in total. The third-order valence-corrected chi connectivity index (χ3v) is 4.11. The second-order valence-electron chi connectivity index (χ2n) is 4.55. The fraction of sp³-hybridized carbons (Fsp3) is 0.455. The van der Waals surface area contributed by atoms with Crippen LogP contribution in [0.5, 0.6) is 0 Å². The van der Waals surface area contributed by atoms with Crippen molar-refractivity contribution >= 4 is 39.4 Å². The van der Waals surface area contributed by atoms with Gasteiger partial charge in [0.05, 0.1) is 23.9 Å². The van der Waals surface area contributed by atoms with Gasteiger partial charge in [-0.25, -0.2) is 14.6 Å². The number of fused-ring (bicyclic) bond motifs is 1. The van der Waals surface area contributed by atoms with Gasteiger partial charge in [-0.3, -0.25) is 0 Å². The zero-order valence-electron chi connectivity index (χ0n) is 10.0. The SMILES string of the molecule is N#CC[C@H]1C[C@H](n2nc(I)c3c(N)ncnc32)CN1. The molecule has 3 N–H and O–H groups in total.